The van der Waals surface area contributed by atoms with Gasteiger partial charge in [-0.3, -0.25) is 4.79 Å². The summed E-state index contributed by atoms with van der Waals surface area (Å²) in [7, 11) is 2.09. The van der Waals surface area contributed by atoms with E-state index in [2.05, 4.69) is 122 Å². The summed E-state index contributed by atoms with van der Waals surface area (Å²) in [6.45, 7) is 29.0. The molecule has 0 bridgehead atoms. The van der Waals surface area contributed by atoms with Crippen LogP contribution in [0.15, 0.2) is 86.9 Å². The van der Waals surface area contributed by atoms with Crippen LogP contribution in [0.5, 0.6) is 5.75 Å². The molecule has 7 heterocycles. The normalized spacial score (nSPS) is 19.3. The van der Waals surface area contributed by atoms with Gasteiger partial charge in [0.15, 0.2) is 12.0 Å². The number of fused-ring (bicyclic) bond motifs is 2. The number of carbonyl (C=O) groups excluding carboxylic acids is 1. The van der Waals surface area contributed by atoms with Crippen molar-refractivity contribution >= 4 is 57.4 Å². The Morgan fingerprint density at radius 1 is 0.821 bits per heavy atom. The smallest absolute Gasteiger partial charge is 0.408 e. The number of ketones is 1. The van der Waals surface area contributed by atoms with E-state index in [1.165, 1.54) is 35.7 Å². The molecule has 20 heteroatoms. The highest BCUT2D eigenvalue weighted by Crippen LogP contribution is 2.53. The van der Waals surface area contributed by atoms with Crippen molar-refractivity contribution in [3.8, 4) is 5.75 Å². The third-order valence-corrected chi connectivity index (χ3v) is 16.0. The van der Waals surface area contributed by atoms with Crippen molar-refractivity contribution in [2.45, 2.75) is 158 Å². The molecular weight excluding hydrogens is 1000 g/mol. The van der Waals surface area contributed by atoms with E-state index in [-0.39, 0.29) is 41.1 Å². The predicted molar refractivity (Wildman–Crippen MR) is 296 cm³/mol. The van der Waals surface area contributed by atoms with Crippen LogP contribution in [0.1, 0.15) is 148 Å². The highest BCUT2D eigenvalue weighted by molar-refractivity contribution is 5.98. The lowest BCUT2D eigenvalue weighted by Crippen LogP contribution is -2.53. The maximum absolute atomic E-state index is 14.0. The Balaban J connectivity index is 0.000000158. The number of Topliss-reactive ketones (excluding diaryl/α,β-unsaturated/α-hetero) is 1. The van der Waals surface area contributed by atoms with E-state index in [0.29, 0.717) is 54.2 Å². The van der Waals surface area contributed by atoms with Crippen LogP contribution in [-0.4, -0.2) is 72.8 Å². The van der Waals surface area contributed by atoms with E-state index in [1.54, 1.807) is 11.8 Å². The first-order valence-corrected chi connectivity index (χ1v) is 27.1. The molecule has 4 aliphatic rings. The summed E-state index contributed by atoms with van der Waals surface area (Å²) in [5, 5.41) is 37.3. The molecule has 6 aromatic rings. The van der Waals surface area contributed by atoms with Crippen molar-refractivity contribution in [2.24, 2.45) is 36.6 Å². The Morgan fingerprint density at radius 2 is 1.50 bits per heavy atom. The number of likely N-dealkylation sites (N-methyl/N-ethyl adjacent to an activating group) is 2. The molecule has 0 saturated heterocycles. The number of halogens is 3. The second kappa shape index (κ2) is 23.4. The van der Waals surface area contributed by atoms with Crippen molar-refractivity contribution in [2.75, 3.05) is 48.0 Å². The van der Waals surface area contributed by atoms with Crippen LogP contribution in [0.2, 0.25) is 0 Å². The lowest BCUT2D eigenvalue weighted by atomic mass is 9.75. The molecule has 10 rings (SSSR count). The van der Waals surface area contributed by atoms with Gasteiger partial charge in [0.25, 0.3) is 5.82 Å². The lowest BCUT2D eigenvalue weighted by molar-refractivity contribution is -0.153. The summed E-state index contributed by atoms with van der Waals surface area (Å²) in [5.41, 5.74) is 13.7. The fraction of sp³-hybridized carbons (Fsp3) is 0.517. The highest BCUT2D eigenvalue weighted by atomic mass is 19.4. The maximum Gasteiger partial charge on any atom is 0.408 e. The van der Waals surface area contributed by atoms with Gasteiger partial charge in [-0.15, -0.1) is 30.7 Å². The zero-order valence-electron chi connectivity index (χ0n) is 47.5. The third kappa shape index (κ3) is 11.5. The van der Waals surface area contributed by atoms with Gasteiger partial charge in [-0.05, 0) is 162 Å². The van der Waals surface area contributed by atoms with E-state index < -0.39 is 12.2 Å². The number of nitrogens with zero attached hydrogens (tertiary/aromatic N) is 12. The topological polar surface area (TPSA) is 188 Å². The van der Waals surface area contributed by atoms with Gasteiger partial charge in [0.2, 0.25) is 17.4 Å². The molecule has 17 nitrogen and oxygen atoms in total. The van der Waals surface area contributed by atoms with E-state index in [4.69, 9.17) is 18.3 Å². The van der Waals surface area contributed by atoms with Crippen LogP contribution in [-0.2, 0) is 24.7 Å². The number of aromatic nitrogens is 3. The molecule has 0 spiro atoms. The van der Waals surface area contributed by atoms with Crippen molar-refractivity contribution in [1.82, 2.24) is 15.5 Å². The average molecular weight is 1080 g/mol. The van der Waals surface area contributed by atoms with E-state index in [1.807, 2.05) is 53.7 Å². The first-order chi connectivity index (χ1) is 37.1. The zero-order chi connectivity index (χ0) is 56.4. The molecule has 3 aromatic heterocycles. The van der Waals surface area contributed by atoms with Gasteiger partial charge in [-0.25, -0.2) is 0 Å². The fourth-order valence-electron chi connectivity index (χ4n) is 11.2. The molecule has 0 fully saturated rings. The number of alkyl halides is 3. The number of rotatable bonds is 13. The fourth-order valence-corrected chi connectivity index (χ4v) is 11.2. The van der Waals surface area contributed by atoms with Gasteiger partial charge >= 0.3 is 6.18 Å². The second-order valence-corrected chi connectivity index (χ2v) is 21.3. The predicted octanol–water partition coefficient (Wildman–Crippen LogP) is 16.4. The number of azo groups is 3. The number of aryl methyl sites for hydroxylation is 4. The number of ether oxygens (including phenoxy) is 1. The highest BCUT2D eigenvalue weighted by Gasteiger charge is 2.50. The minimum absolute atomic E-state index is 0.0715. The largest absolute Gasteiger partial charge is 0.487 e. The van der Waals surface area contributed by atoms with Crippen molar-refractivity contribution in [1.29, 1.82) is 0 Å². The van der Waals surface area contributed by atoms with Crippen molar-refractivity contribution < 1.29 is 36.3 Å². The summed E-state index contributed by atoms with van der Waals surface area (Å²) in [5.74, 6) is 2.57. The number of anilines is 3. The average Bonchev–Trinajstić information content (AvgIpc) is 4.33. The first kappa shape index (κ1) is 56.9. The summed E-state index contributed by atoms with van der Waals surface area (Å²) in [6.07, 6.45) is 1.21. The van der Waals surface area contributed by atoms with E-state index in [9.17, 15) is 18.0 Å². The van der Waals surface area contributed by atoms with Gasteiger partial charge in [-0.2, -0.15) is 13.2 Å². The molecule has 0 N–H and O–H groups in total. The number of benzene rings is 3. The molecule has 416 valence electrons. The van der Waals surface area contributed by atoms with Crippen LogP contribution in [0, 0.1) is 33.6 Å². The van der Waals surface area contributed by atoms with Crippen LogP contribution in [0.4, 0.5) is 64.7 Å². The Kier molecular flexibility index (Phi) is 17.1. The van der Waals surface area contributed by atoms with Gasteiger partial charge in [0.05, 0.1) is 23.7 Å². The summed E-state index contributed by atoms with van der Waals surface area (Å²) in [6, 6.07) is 11.3. The molecule has 0 aliphatic carbocycles. The Hall–Kier alpha value is -7.25. The van der Waals surface area contributed by atoms with Crippen molar-refractivity contribution in [3.63, 3.8) is 0 Å². The molecule has 4 aliphatic heterocycles. The number of hydrogen-bond acceptors (Lipinski definition) is 17. The van der Waals surface area contributed by atoms with Crippen LogP contribution >= 0.6 is 0 Å². The number of hydrogen-bond donors (Lipinski definition) is 0. The van der Waals surface area contributed by atoms with E-state index >= 15 is 0 Å². The third-order valence-electron chi connectivity index (χ3n) is 16.0. The molecule has 3 aromatic carbocycles. The first-order valence-electron chi connectivity index (χ1n) is 27.1. The van der Waals surface area contributed by atoms with Crippen molar-refractivity contribution in [3.05, 3.63) is 98.7 Å². The van der Waals surface area contributed by atoms with Gasteiger partial charge < -0.3 is 33.0 Å². The Morgan fingerprint density at radius 3 is 2.15 bits per heavy atom. The molecule has 78 heavy (non-hydrogen) atoms. The lowest BCUT2D eigenvalue weighted by Gasteiger charge is -2.48. The van der Waals surface area contributed by atoms with Crippen LogP contribution < -0.4 is 19.4 Å². The molecule has 0 saturated carbocycles. The van der Waals surface area contributed by atoms with E-state index in [0.717, 1.165) is 89.4 Å². The quantitative estimate of drug-likeness (QED) is 0.0790. The van der Waals surface area contributed by atoms with Crippen LogP contribution in [0.25, 0.3) is 0 Å². The SMILES string of the molecule is CC(=O)c1c(N=Nc2cc3c(cc2C)N(C)CC3)noc1C.CCOc1conc1N=Nc1cc2c3c(c1C)C(CC)CC(C(F)(F)F)N3CC(CC)C2.CCc1cc(N=Nc2cc3c(cc2C)N(CC)C(C)C3(C)C)no1. The van der Waals surface area contributed by atoms with Gasteiger partial charge in [0.1, 0.15) is 23.1 Å². The monoisotopic (exact) mass is 1070 g/mol. The Bertz CT molecular complexity index is 3230. The standard InChI is InChI=1S/C23H29F3N4O2.C19H26N4O.C16H18N4O2/c1-5-14-8-16-9-17(27-28-22-18(31-7-3)12-32-29-22)13(4)20-15(6-2)10-19(23(24,25)26)30(11-14)21(16)20;1-7-14-10-18(22-24-14)21-20-16-11-15-17(9-12(16)3)23(8-2)13(4)19(15,5)6;1-9-7-14-12(5-6-20(14)4)8-13(9)17-18-16-15(10(2)21)11(3)22-19-16/h9,12,14-15,19H,5-8,10-11H2,1-4H3;9-11,13H,7-8H2,1-6H3;7-8H,5-6H2,1-4H3. The Labute approximate surface area is 454 Å². The summed E-state index contributed by atoms with van der Waals surface area (Å²) < 4.78 is 62.7. The molecule has 4 unspecified atom stereocenters. The molecule has 0 amide bonds. The van der Waals surface area contributed by atoms with Gasteiger partial charge in [-0.1, -0.05) is 56.5 Å². The maximum atomic E-state index is 14.0. The molecular formula is C58H73F3N12O5. The number of carbonyl (C=O) groups is 1. The van der Waals surface area contributed by atoms with Crippen LogP contribution in [0.3, 0.4) is 0 Å². The zero-order valence-corrected chi connectivity index (χ0v) is 47.5. The second-order valence-electron chi connectivity index (χ2n) is 21.3. The molecule has 0 radical (unpaired) electrons. The summed E-state index contributed by atoms with van der Waals surface area (Å²) >= 11 is 0. The molecule has 4 atom stereocenters. The van der Waals surface area contributed by atoms with Gasteiger partial charge in [0, 0.05) is 67.7 Å². The summed E-state index contributed by atoms with van der Waals surface area (Å²) in [4.78, 5) is 17.9. The minimum atomic E-state index is -4.26. The minimum Gasteiger partial charge on any atom is -0.487 e.